The van der Waals surface area contributed by atoms with Crippen molar-refractivity contribution in [1.29, 1.82) is 0 Å². The van der Waals surface area contributed by atoms with Crippen LogP contribution in [-0.2, 0) is 0 Å². The van der Waals surface area contributed by atoms with Crippen LogP contribution in [0.5, 0.6) is 5.75 Å². The van der Waals surface area contributed by atoms with Gasteiger partial charge in [-0.25, -0.2) is 0 Å². The summed E-state index contributed by atoms with van der Waals surface area (Å²) in [5.41, 5.74) is 0.944. The SMILES string of the molecule is CCC[C@@H](C)NC(=S)Nc1cccc(OC(C)C)c1. The number of rotatable bonds is 6. The average molecular weight is 280 g/mol. The number of anilines is 1. The first-order chi connectivity index (χ1) is 9.01. The summed E-state index contributed by atoms with van der Waals surface area (Å²) < 4.78 is 5.65. The van der Waals surface area contributed by atoms with Crippen LogP contribution in [0.1, 0.15) is 40.5 Å². The molecule has 0 aromatic heterocycles. The Hall–Kier alpha value is -1.29. The summed E-state index contributed by atoms with van der Waals surface area (Å²) >= 11 is 5.29. The number of benzene rings is 1. The fourth-order valence-corrected chi connectivity index (χ4v) is 2.13. The molecule has 0 aliphatic heterocycles. The number of ether oxygens (including phenoxy) is 1. The van der Waals surface area contributed by atoms with Gasteiger partial charge in [-0.2, -0.15) is 0 Å². The van der Waals surface area contributed by atoms with Crippen molar-refractivity contribution in [2.24, 2.45) is 0 Å². The van der Waals surface area contributed by atoms with Gasteiger partial charge in [0.15, 0.2) is 5.11 Å². The van der Waals surface area contributed by atoms with E-state index >= 15 is 0 Å². The predicted molar refractivity (Wildman–Crippen MR) is 85.9 cm³/mol. The first-order valence-electron chi connectivity index (χ1n) is 6.85. The third-order valence-corrected chi connectivity index (χ3v) is 2.78. The fourth-order valence-electron chi connectivity index (χ4n) is 1.82. The number of nitrogens with one attached hydrogen (secondary N) is 2. The normalized spacial score (nSPS) is 12.1. The van der Waals surface area contributed by atoms with Gasteiger partial charge in [0, 0.05) is 17.8 Å². The van der Waals surface area contributed by atoms with Gasteiger partial charge in [-0.15, -0.1) is 0 Å². The van der Waals surface area contributed by atoms with Gasteiger partial charge < -0.3 is 15.4 Å². The highest BCUT2D eigenvalue weighted by Gasteiger charge is 2.04. The number of hydrogen-bond donors (Lipinski definition) is 2. The predicted octanol–water partition coefficient (Wildman–Crippen LogP) is 3.95. The third kappa shape index (κ3) is 6.43. The number of hydrogen-bond acceptors (Lipinski definition) is 2. The Labute approximate surface area is 121 Å². The largest absolute Gasteiger partial charge is 0.491 e. The molecule has 1 aromatic rings. The lowest BCUT2D eigenvalue weighted by Crippen LogP contribution is -2.35. The molecule has 0 spiro atoms. The smallest absolute Gasteiger partial charge is 0.170 e. The van der Waals surface area contributed by atoms with Crippen LogP contribution in [0.3, 0.4) is 0 Å². The molecule has 1 rings (SSSR count). The van der Waals surface area contributed by atoms with Crippen molar-refractivity contribution in [1.82, 2.24) is 5.32 Å². The zero-order valence-corrected chi connectivity index (χ0v) is 13.0. The minimum absolute atomic E-state index is 0.171. The highest BCUT2D eigenvalue weighted by molar-refractivity contribution is 7.80. The van der Waals surface area contributed by atoms with Crippen LogP contribution >= 0.6 is 12.2 Å². The van der Waals surface area contributed by atoms with Crippen LogP contribution in [0.25, 0.3) is 0 Å². The van der Waals surface area contributed by atoms with Gasteiger partial charge in [-0.3, -0.25) is 0 Å². The molecule has 19 heavy (non-hydrogen) atoms. The topological polar surface area (TPSA) is 33.3 Å². The first-order valence-corrected chi connectivity index (χ1v) is 7.26. The molecule has 0 amide bonds. The van der Waals surface area contributed by atoms with Crippen molar-refractivity contribution in [3.63, 3.8) is 0 Å². The molecule has 1 atom stereocenters. The van der Waals surface area contributed by atoms with Gasteiger partial charge >= 0.3 is 0 Å². The van der Waals surface area contributed by atoms with Crippen molar-refractivity contribution >= 4 is 23.0 Å². The average Bonchev–Trinajstić information content (AvgIpc) is 2.28. The minimum Gasteiger partial charge on any atom is -0.491 e. The molecule has 106 valence electrons. The van der Waals surface area contributed by atoms with Crippen molar-refractivity contribution in [2.75, 3.05) is 5.32 Å². The van der Waals surface area contributed by atoms with Crippen LogP contribution in [0, 0.1) is 0 Å². The van der Waals surface area contributed by atoms with Crippen molar-refractivity contribution in [3.05, 3.63) is 24.3 Å². The van der Waals surface area contributed by atoms with Crippen LogP contribution in [-0.4, -0.2) is 17.3 Å². The van der Waals surface area contributed by atoms with Gasteiger partial charge in [-0.1, -0.05) is 19.4 Å². The zero-order valence-electron chi connectivity index (χ0n) is 12.2. The Kier molecular flexibility index (Phi) is 6.64. The summed E-state index contributed by atoms with van der Waals surface area (Å²) in [4.78, 5) is 0. The summed E-state index contributed by atoms with van der Waals surface area (Å²) in [6.45, 7) is 8.33. The molecule has 3 nitrogen and oxygen atoms in total. The quantitative estimate of drug-likeness (QED) is 0.773. The summed E-state index contributed by atoms with van der Waals surface area (Å²) in [6.07, 6.45) is 2.43. The Morgan fingerprint density at radius 2 is 2.05 bits per heavy atom. The fraction of sp³-hybridized carbons (Fsp3) is 0.533. The highest BCUT2D eigenvalue weighted by Crippen LogP contribution is 2.18. The standard InChI is InChI=1S/C15H24N2OS/c1-5-7-12(4)16-15(19)17-13-8-6-9-14(10-13)18-11(2)3/h6,8-12H,5,7H2,1-4H3,(H2,16,17,19)/t12-/m1/s1. The van der Waals surface area contributed by atoms with Crippen LogP contribution in [0.4, 0.5) is 5.69 Å². The van der Waals surface area contributed by atoms with Gasteiger partial charge in [0.1, 0.15) is 5.75 Å². The molecule has 0 fully saturated rings. The maximum atomic E-state index is 5.65. The zero-order chi connectivity index (χ0) is 14.3. The minimum atomic E-state index is 0.171. The van der Waals surface area contributed by atoms with E-state index in [1.807, 2.05) is 38.1 Å². The Balaban J connectivity index is 2.54. The van der Waals surface area contributed by atoms with E-state index in [4.69, 9.17) is 17.0 Å². The van der Waals surface area contributed by atoms with Gasteiger partial charge in [-0.05, 0) is 51.5 Å². The summed E-state index contributed by atoms with van der Waals surface area (Å²) in [5.74, 6) is 0.851. The molecule has 0 saturated carbocycles. The van der Waals surface area contributed by atoms with E-state index in [0.717, 1.165) is 24.3 Å². The molecule has 1 aromatic carbocycles. The van der Waals surface area contributed by atoms with E-state index in [0.29, 0.717) is 11.2 Å². The second-order valence-corrected chi connectivity index (χ2v) is 5.39. The van der Waals surface area contributed by atoms with E-state index in [1.54, 1.807) is 0 Å². The van der Waals surface area contributed by atoms with Crippen molar-refractivity contribution in [3.8, 4) is 5.75 Å². The van der Waals surface area contributed by atoms with E-state index in [1.165, 1.54) is 0 Å². The Bertz CT molecular complexity index is 407. The summed E-state index contributed by atoms with van der Waals surface area (Å²) in [6, 6.07) is 8.23. The molecule has 0 bridgehead atoms. The maximum Gasteiger partial charge on any atom is 0.170 e. The molecular weight excluding hydrogens is 256 g/mol. The Morgan fingerprint density at radius 3 is 2.68 bits per heavy atom. The van der Waals surface area contributed by atoms with Gasteiger partial charge in [0.25, 0.3) is 0 Å². The molecule has 0 saturated heterocycles. The van der Waals surface area contributed by atoms with E-state index < -0.39 is 0 Å². The summed E-state index contributed by atoms with van der Waals surface area (Å²) in [7, 11) is 0. The molecular formula is C15H24N2OS. The lowest BCUT2D eigenvalue weighted by atomic mass is 10.2. The van der Waals surface area contributed by atoms with Gasteiger partial charge in [0.05, 0.1) is 6.10 Å². The molecule has 0 aliphatic carbocycles. The molecule has 4 heteroatoms. The second kappa shape index (κ2) is 8.00. The lowest BCUT2D eigenvalue weighted by molar-refractivity contribution is 0.242. The van der Waals surface area contributed by atoms with E-state index in [-0.39, 0.29) is 6.10 Å². The molecule has 0 heterocycles. The third-order valence-electron chi connectivity index (χ3n) is 2.56. The van der Waals surface area contributed by atoms with Crippen molar-refractivity contribution in [2.45, 2.75) is 52.7 Å². The van der Waals surface area contributed by atoms with Crippen LogP contribution < -0.4 is 15.4 Å². The monoisotopic (exact) mass is 280 g/mol. The molecule has 0 aliphatic rings. The first kappa shape index (κ1) is 15.8. The Morgan fingerprint density at radius 1 is 1.32 bits per heavy atom. The summed E-state index contributed by atoms with van der Waals surface area (Å²) in [5, 5.41) is 7.11. The number of thiocarbonyl (C=S) groups is 1. The van der Waals surface area contributed by atoms with Crippen LogP contribution in [0.2, 0.25) is 0 Å². The molecule has 0 radical (unpaired) electrons. The van der Waals surface area contributed by atoms with E-state index in [2.05, 4.69) is 24.5 Å². The van der Waals surface area contributed by atoms with Crippen molar-refractivity contribution < 1.29 is 4.74 Å². The second-order valence-electron chi connectivity index (χ2n) is 4.98. The van der Waals surface area contributed by atoms with Gasteiger partial charge in [0.2, 0.25) is 0 Å². The van der Waals surface area contributed by atoms with E-state index in [9.17, 15) is 0 Å². The molecule has 2 N–H and O–H groups in total. The highest BCUT2D eigenvalue weighted by atomic mass is 32.1. The lowest BCUT2D eigenvalue weighted by Gasteiger charge is -2.17. The maximum absolute atomic E-state index is 5.65. The molecule has 0 unspecified atom stereocenters. The van der Waals surface area contributed by atoms with Crippen LogP contribution in [0.15, 0.2) is 24.3 Å².